The molecule has 8 heteroatoms. The lowest BCUT2D eigenvalue weighted by atomic mass is 9.84. The zero-order valence-electron chi connectivity index (χ0n) is 22.0. The normalized spacial score (nSPS) is 13.9. The largest absolute Gasteiger partial charge is 0.508 e. The molecular formula is C29H35N5O3. The Kier molecular flexibility index (Phi) is 7.76. The van der Waals surface area contributed by atoms with Crippen LogP contribution in [0, 0.1) is 0 Å². The summed E-state index contributed by atoms with van der Waals surface area (Å²) in [6.07, 6.45) is 0.859. The van der Waals surface area contributed by atoms with Crippen LogP contribution in [0.2, 0.25) is 0 Å². The fourth-order valence-electron chi connectivity index (χ4n) is 4.30. The molecule has 2 heterocycles. The van der Waals surface area contributed by atoms with Crippen molar-refractivity contribution in [2.75, 3.05) is 37.6 Å². The highest BCUT2D eigenvalue weighted by molar-refractivity contribution is 5.96. The maximum atomic E-state index is 13.6. The summed E-state index contributed by atoms with van der Waals surface area (Å²) < 4.78 is 0. The molecular weight excluding hydrogens is 466 g/mol. The predicted molar refractivity (Wildman–Crippen MR) is 145 cm³/mol. The number of aromatic hydroxyl groups is 1. The summed E-state index contributed by atoms with van der Waals surface area (Å²) in [5, 5.41) is 21.1. The minimum Gasteiger partial charge on any atom is -0.508 e. The van der Waals surface area contributed by atoms with E-state index in [0.717, 1.165) is 23.1 Å². The summed E-state index contributed by atoms with van der Waals surface area (Å²) in [6.45, 7) is 11.3. The summed E-state index contributed by atoms with van der Waals surface area (Å²) in [5.74, 6) is 0.653. The molecule has 1 aromatic heterocycles. The van der Waals surface area contributed by atoms with Crippen molar-refractivity contribution in [3.8, 4) is 16.9 Å². The van der Waals surface area contributed by atoms with Gasteiger partial charge < -0.3 is 20.2 Å². The highest BCUT2D eigenvalue weighted by Gasteiger charge is 2.25. The molecule has 1 aliphatic rings. The Labute approximate surface area is 218 Å². The van der Waals surface area contributed by atoms with Gasteiger partial charge in [0.15, 0.2) is 11.5 Å². The van der Waals surface area contributed by atoms with Gasteiger partial charge in [-0.3, -0.25) is 9.59 Å². The highest BCUT2D eigenvalue weighted by Crippen LogP contribution is 2.31. The first-order valence-corrected chi connectivity index (χ1v) is 12.8. The molecule has 0 bridgehead atoms. The quantitative estimate of drug-likeness (QED) is 0.524. The van der Waals surface area contributed by atoms with Crippen molar-refractivity contribution in [3.05, 3.63) is 71.4 Å². The molecule has 37 heavy (non-hydrogen) atoms. The Morgan fingerprint density at radius 2 is 1.70 bits per heavy atom. The summed E-state index contributed by atoms with van der Waals surface area (Å²) >= 11 is 0. The topological polar surface area (TPSA) is 98.7 Å². The molecule has 2 amide bonds. The van der Waals surface area contributed by atoms with Crippen LogP contribution in [0.3, 0.4) is 0 Å². The van der Waals surface area contributed by atoms with E-state index in [-0.39, 0.29) is 23.0 Å². The number of nitrogens with one attached hydrogen (secondary N) is 1. The third-order valence-electron chi connectivity index (χ3n) is 6.54. The van der Waals surface area contributed by atoms with Crippen molar-refractivity contribution in [1.82, 2.24) is 20.4 Å². The molecule has 194 valence electrons. The Hall–Kier alpha value is -3.94. The fourth-order valence-corrected chi connectivity index (χ4v) is 4.30. The minimum absolute atomic E-state index is 0.0128. The second kappa shape index (κ2) is 11.0. The van der Waals surface area contributed by atoms with Crippen molar-refractivity contribution in [2.45, 2.75) is 39.5 Å². The van der Waals surface area contributed by atoms with Crippen LogP contribution in [0.25, 0.3) is 11.1 Å². The van der Waals surface area contributed by atoms with Gasteiger partial charge in [-0.15, -0.1) is 10.2 Å². The van der Waals surface area contributed by atoms with Crippen molar-refractivity contribution in [2.24, 2.45) is 0 Å². The predicted octanol–water partition coefficient (Wildman–Crippen LogP) is 4.25. The van der Waals surface area contributed by atoms with E-state index in [1.807, 2.05) is 36.1 Å². The van der Waals surface area contributed by atoms with E-state index in [9.17, 15) is 14.7 Å². The SMILES string of the molecule is CCCNC(=O)c1ccc(N2CCN(C(=O)c3cc(-c4cccc(O)c4)cc(C(C)(C)C)c3)CC2)nn1. The average molecular weight is 502 g/mol. The summed E-state index contributed by atoms with van der Waals surface area (Å²) in [7, 11) is 0. The molecule has 0 aliphatic carbocycles. The van der Waals surface area contributed by atoms with E-state index in [4.69, 9.17) is 0 Å². The minimum atomic E-state index is -0.223. The van der Waals surface area contributed by atoms with Gasteiger partial charge in [0.25, 0.3) is 11.8 Å². The number of aromatic nitrogens is 2. The number of hydrogen-bond acceptors (Lipinski definition) is 6. The van der Waals surface area contributed by atoms with Crippen LogP contribution in [-0.4, -0.2) is 64.7 Å². The van der Waals surface area contributed by atoms with Gasteiger partial charge >= 0.3 is 0 Å². The third kappa shape index (κ3) is 6.25. The van der Waals surface area contributed by atoms with Gasteiger partial charge in [-0.05, 0) is 64.9 Å². The zero-order chi connectivity index (χ0) is 26.6. The molecule has 0 spiro atoms. The van der Waals surface area contributed by atoms with Crippen LogP contribution in [0.15, 0.2) is 54.6 Å². The number of piperazine rings is 1. The first kappa shape index (κ1) is 26.1. The Morgan fingerprint density at radius 3 is 2.32 bits per heavy atom. The van der Waals surface area contributed by atoms with Gasteiger partial charge in [0.05, 0.1) is 0 Å². The van der Waals surface area contributed by atoms with Gasteiger partial charge in [-0.1, -0.05) is 45.9 Å². The molecule has 4 rings (SSSR count). The number of phenols is 1. The fraction of sp³-hybridized carbons (Fsp3) is 0.379. The zero-order valence-corrected chi connectivity index (χ0v) is 22.0. The monoisotopic (exact) mass is 501 g/mol. The van der Waals surface area contributed by atoms with Crippen molar-refractivity contribution in [3.63, 3.8) is 0 Å². The Balaban J connectivity index is 1.48. The lowest BCUT2D eigenvalue weighted by molar-refractivity contribution is 0.0746. The Bertz CT molecular complexity index is 1260. The molecule has 0 saturated carbocycles. The number of nitrogens with zero attached hydrogens (tertiary/aromatic N) is 4. The molecule has 0 unspecified atom stereocenters. The van der Waals surface area contributed by atoms with Crippen molar-refractivity contribution >= 4 is 17.6 Å². The lowest BCUT2D eigenvalue weighted by Crippen LogP contribution is -2.49. The van der Waals surface area contributed by atoms with E-state index in [0.29, 0.717) is 49.8 Å². The number of hydrogen-bond donors (Lipinski definition) is 2. The third-order valence-corrected chi connectivity index (χ3v) is 6.54. The number of benzene rings is 2. The maximum Gasteiger partial charge on any atom is 0.271 e. The molecule has 8 nitrogen and oxygen atoms in total. The van der Waals surface area contributed by atoms with Gasteiger partial charge in [0, 0.05) is 38.3 Å². The van der Waals surface area contributed by atoms with Crippen LogP contribution in [0.5, 0.6) is 5.75 Å². The van der Waals surface area contributed by atoms with Crippen molar-refractivity contribution < 1.29 is 14.7 Å². The lowest BCUT2D eigenvalue weighted by Gasteiger charge is -2.35. The van der Waals surface area contributed by atoms with Crippen molar-refractivity contribution in [1.29, 1.82) is 0 Å². The van der Waals surface area contributed by atoms with E-state index in [2.05, 4.69) is 47.3 Å². The van der Waals surface area contributed by atoms with Crippen LogP contribution >= 0.6 is 0 Å². The van der Waals surface area contributed by atoms with Crippen LogP contribution in [-0.2, 0) is 5.41 Å². The van der Waals surface area contributed by atoms with E-state index in [1.165, 1.54) is 0 Å². The summed E-state index contributed by atoms with van der Waals surface area (Å²) in [4.78, 5) is 29.6. The van der Waals surface area contributed by atoms with Crippen LogP contribution in [0.1, 0.15) is 60.5 Å². The van der Waals surface area contributed by atoms with E-state index >= 15 is 0 Å². The molecule has 2 N–H and O–H groups in total. The number of amides is 2. The number of carbonyl (C=O) groups excluding carboxylic acids is 2. The average Bonchev–Trinajstić information content (AvgIpc) is 2.90. The van der Waals surface area contributed by atoms with E-state index < -0.39 is 0 Å². The molecule has 0 radical (unpaired) electrons. The van der Waals surface area contributed by atoms with Gasteiger partial charge in [-0.2, -0.15) is 0 Å². The maximum absolute atomic E-state index is 13.6. The summed E-state index contributed by atoms with van der Waals surface area (Å²) in [6, 6.07) is 16.6. The molecule has 1 aliphatic heterocycles. The number of carbonyl (C=O) groups is 2. The van der Waals surface area contributed by atoms with Gasteiger partial charge in [0.2, 0.25) is 0 Å². The summed E-state index contributed by atoms with van der Waals surface area (Å²) in [5.41, 5.74) is 3.64. The number of anilines is 1. The van der Waals surface area contributed by atoms with Gasteiger partial charge in [-0.25, -0.2) is 0 Å². The standard InChI is InChI=1S/C29H35N5O3/c1-5-11-30-27(36)25-9-10-26(32-31-25)33-12-14-34(15-13-33)28(37)22-16-21(17-23(18-22)29(2,3)4)20-7-6-8-24(35)19-20/h6-10,16-19,35H,5,11-15H2,1-4H3,(H,30,36). The molecule has 1 fully saturated rings. The van der Waals surface area contributed by atoms with Gasteiger partial charge in [0.1, 0.15) is 5.75 Å². The van der Waals surface area contributed by atoms with Crippen LogP contribution in [0.4, 0.5) is 5.82 Å². The number of phenolic OH excluding ortho intramolecular Hbond substituents is 1. The first-order valence-electron chi connectivity index (χ1n) is 12.8. The second-order valence-corrected chi connectivity index (χ2v) is 10.4. The first-order chi connectivity index (χ1) is 17.7. The molecule has 2 aromatic carbocycles. The smallest absolute Gasteiger partial charge is 0.271 e. The molecule has 1 saturated heterocycles. The van der Waals surface area contributed by atoms with Crippen LogP contribution < -0.4 is 10.2 Å². The second-order valence-electron chi connectivity index (χ2n) is 10.4. The van der Waals surface area contributed by atoms with E-state index in [1.54, 1.807) is 24.3 Å². The molecule has 0 atom stereocenters. The number of rotatable bonds is 6. The highest BCUT2D eigenvalue weighted by atomic mass is 16.3. The Morgan fingerprint density at radius 1 is 0.946 bits per heavy atom. The molecule has 3 aromatic rings.